The number of carbonyl (C=O) groups excluding carboxylic acids is 2. The Balaban J connectivity index is 2.43. The number of anilines is 1. The summed E-state index contributed by atoms with van der Waals surface area (Å²) in [7, 11) is 0. The maximum Gasteiger partial charge on any atom is 0.254 e. The number of hydrogen-bond acceptors (Lipinski definition) is 2. The largest absolute Gasteiger partial charge is 0.340 e. The molecule has 0 spiro atoms. The zero-order valence-electron chi connectivity index (χ0n) is 12.8. The minimum Gasteiger partial charge on any atom is -0.340 e. The monoisotopic (exact) mass is 286 g/mol. The molecule has 1 aliphatic rings. The minimum atomic E-state index is -0.463. The highest BCUT2D eigenvalue weighted by Gasteiger charge is 2.33. The van der Waals surface area contributed by atoms with E-state index in [9.17, 15) is 9.59 Å². The maximum absolute atomic E-state index is 12.8. The van der Waals surface area contributed by atoms with Gasteiger partial charge in [0.25, 0.3) is 5.91 Å². The van der Waals surface area contributed by atoms with Crippen LogP contribution in [-0.4, -0.2) is 24.4 Å². The standard InChI is InChI=1S/C17H22N2O2/c1-4-5-10-19-15-9-7-6-8-13(15)16(20)18-14(17(19)21)11-12(2)3/h4-9,12,14H,10-11H2,1-3H3,(H,18,20)/b5-4+. The van der Waals surface area contributed by atoms with E-state index in [-0.39, 0.29) is 11.8 Å². The first kappa shape index (κ1) is 15.3. The van der Waals surface area contributed by atoms with Gasteiger partial charge >= 0.3 is 0 Å². The Morgan fingerprint density at radius 2 is 2.00 bits per heavy atom. The van der Waals surface area contributed by atoms with Crippen LogP contribution in [0, 0.1) is 5.92 Å². The van der Waals surface area contributed by atoms with E-state index in [1.807, 2.05) is 51.1 Å². The highest BCUT2D eigenvalue weighted by atomic mass is 16.2. The van der Waals surface area contributed by atoms with Crippen molar-refractivity contribution in [2.45, 2.75) is 33.2 Å². The van der Waals surface area contributed by atoms with Crippen LogP contribution in [0.5, 0.6) is 0 Å². The molecule has 1 unspecified atom stereocenters. The Hall–Kier alpha value is -2.10. The van der Waals surface area contributed by atoms with E-state index in [1.54, 1.807) is 11.0 Å². The van der Waals surface area contributed by atoms with Gasteiger partial charge < -0.3 is 10.2 Å². The number of amides is 2. The van der Waals surface area contributed by atoms with Gasteiger partial charge in [0.15, 0.2) is 0 Å². The van der Waals surface area contributed by atoms with Crippen molar-refractivity contribution in [3.05, 3.63) is 42.0 Å². The molecule has 1 heterocycles. The number of fused-ring (bicyclic) bond motifs is 1. The molecule has 1 aromatic carbocycles. The molecule has 0 aromatic heterocycles. The summed E-state index contributed by atoms with van der Waals surface area (Å²) < 4.78 is 0. The van der Waals surface area contributed by atoms with Gasteiger partial charge in [-0.2, -0.15) is 0 Å². The quantitative estimate of drug-likeness (QED) is 0.865. The predicted octanol–water partition coefficient (Wildman–Crippen LogP) is 2.75. The van der Waals surface area contributed by atoms with Crippen LogP contribution in [-0.2, 0) is 4.79 Å². The third-order valence-corrected chi connectivity index (χ3v) is 3.54. The lowest BCUT2D eigenvalue weighted by molar-refractivity contribution is -0.120. The van der Waals surface area contributed by atoms with Crippen molar-refractivity contribution in [2.24, 2.45) is 5.92 Å². The van der Waals surface area contributed by atoms with Gasteiger partial charge in [-0.05, 0) is 31.4 Å². The third kappa shape index (κ3) is 3.32. The van der Waals surface area contributed by atoms with Crippen molar-refractivity contribution in [1.29, 1.82) is 0 Å². The lowest BCUT2D eigenvalue weighted by Crippen LogP contribution is -2.46. The Morgan fingerprint density at radius 1 is 1.29 bits per heavy atom. The van der Waals surface area contributed by atoms with Crippen LogP contribution in [0.4, 0.5) is 5.69 Å². The summed E-state index contributed by atoms with van der Waals surface area (Å²) in [6, 6.07) is 6.80. The van der Waals surface area contributed by atoms with Crippen LogP contribution in [0.15, 0.2) is 36.4 Å². The van der Waals surface area contributed by atoms with Crippen LogP contribution in [0.2, 0.25) is 0 Å². The summed E-state index contributed by atoms with van der Waals surface area (Å²) in [4.78, 5) is 26.8. The second-order valence-corrected chi connectivity index (χ2v) is 5.69. The molecule has 2 amide bonds. The first-order valence-electron chi connectivity index (χ1n) is 7.37. The van der Waals surface area contributed by atoms with E-state index in [4.69, 9.17) is 0 Å². The first-order chi connectivity index (χ1) is 10.0. The Bertz CT molecular complexity index is 564. The summed E-state index contributed by atoms with van der Waals surface area (Å²) in [6.07, 6.45) is 4.48. The number of carbonyl (C=O) groups is 2. The Kier molecular flexibility index (Phi) is 4.78. The van der Waals surface area contributed by atoms with Gasteiger partial charge in [0.2, 0.25) is 5.91 Å². The van der Waals surface area contributed by atoms with E-state index in [1.165, 1.54) is 0 Å². The van der Waals surface area contributed by atoms with Crippen molar-refractivity contribution < 1.29 is 9.59 Å². The van der Waals surface area contributed by atoms with Crippen molar-refractivity contribution in [3.8, 4) is 0 Å². The summed E-state index contributed by atoms with van der Waals surface area (Å²) in [5, 5.41) is 2.87. The molecule has 0 saturated heterocycles. The molecule has 2 rings (SSSR count). The molecular formula is C17H22N2O2. The summed E-state index contributed by atoms with van der Waals surface area (Å²) >= 11 is 0. The van der Waals surface area contributed by atoms with E-state index in [0.29, 0.717) is 30.1 Å². The number of nitrogens with one attached hydrogen (secondary N) is 1. The Labute approximate surface area is 125 Å². The number of benzene rings is 1. The molecule has 4 nitrogen and oxygen atoms in total. The van der Waals surface area contributed by atoms with Crippen LogP contribution < -0.4 is 10.2 Å². The average molecular weight is 286 g/mol. The van der Waals surface area contributed by atoms with Gasteiger partial charge in [0, 0.05) is 6.54 Å². The maximum atomic E-state index is 12.8. The number of nitrogens with zero attached hydrogens (tertiary/aromatic N) is 1. The molecule has 112 valence electrons. The molecule has 0 saturated carbocycles. The number of hydrogen-bond donors (Lipinski definition) is 1. The van der Waals surface area contributed by atoms with Crippen LogP contribution in [0.25, 0.3) is 0 Å². The third-order valence-electron chi connectivity index (χ3n) is 3.54. The molecular weight excluding hydrogens is 264 g/mol. The highest BCUT2D eigenvalue weighted by Crippen LogP contribution is 2.25. The predicted molar refractivity (Wildman–Crippen MR) is 84.3 cm³/mol. The molecule has 0 radical (unpaired) electrons. The summed E-state index contributed by atoms with van der Waals surface area (Å²) in [6.45, 7) is 6.50. The van der Waals surface area contributed by atoms with E-state index in [0.717, 1.165) is 0 Å². The van der Waals surface area contributed by atoms with Gasteiger partial charge in [-0.3, -0.25) is 9.59 Å². The number of allylic oxidation sites excluding steroid dienone is 1. The van der Waals surface area contributed by atoms with E-state index < -0.39 is 6.04 Å². The average Bonchev–Trinajstić information content (AvgIpc) is 2.54. The van der Waals surface area contributed by atoms with Gasteiger partial charge in [0.1, 0.15) is 6.04 Å². The fraction of sp³-hybridized carbons (Fsp3) is 0.412. The minimum absolute atomic E-state index is 0.0416. The van der Waals surface area contributed by atoms with E-state index in [2.05, 4.69) is 5.32 Å². The zero-order chi connectivity index (χ0) is 15.4. The SMILES string of the molecule is C/C=C/CN1C(=O)C(CC(C)C)NC(=O)c2ccccc21. The topological polar surface area (TPSA) is 49.4 Å². The lowest BCUT2D eigenvalue weighted by atomic mass is 10.0. The Morgan fingerprint density at radius 3 is 2.67 bits per heavy atom. The van der Waals surface area contributed by atoms with Crippen LogP contribution >= 0.6 is 0 Å². The molecule has 0 bridgehead atoms. The smallest absolute Gasteiger partial charge is 0.254 e. The molecule has 1 N–H and O–H groups in total. The number of rotatable bonds is 4. The second kappa shape index (κ2) is 6.57. The molecule has 21 heavy (non-hydrogen) atoms. The van der Waals surface area contributed by atoms with Crippen LogP contribution in [0.3, 0.4) is 0 Å². The second-order valence-electron chi connectivity index (χ2n) is 5.69. The van der Waals surface area contributed by atoms with Crippen molar-refractivity contribution >= 4 is 17.5 Å². The molecule has 1 atom stereocenters. The highest BCUT2D eigenvalue weighted by molar-refractivity contribution is 6.11. The molecule has 0 fully saturated rings. The summed E-state index contributed by atoms with van der Waals surface area (Å²) in [5.41, 5.74) is 1.24. The van der Waals surface area contributed by atoms with Gasteiger partial charge in [-0.15, -0.1) is 0 Å². The van der Waals surface area contributed by atoms with E-state index >= 15 is 0 Å². The number of para-hydroxylation sites is 1. The molecule has 1 aromatic rings. The molecule has 0 aliphatic carbocycles. The van der Waals surface area contributed by atoms with Crippen molar-refractivity contribution in [2.75, 3.05) is 11.4 Å². The van der Waals surface area contributed by atoms with Crippen LogP contribution in [0.1, 0.15) is 37.6 Å². The zero-order valence-corrected chi connectivity index (χ0v) is 12.8. The van der Waals surface area contributed by atoms with Crippen molar-refractivity contribution in [1.82, 2.24) is 5.32 Å². The van der Waals surface area contributed by atoms with Gasteiger partial charge in [0.05, 0.1) is 11.3 Å². The normalized spacial score (nSPS) is 18.9. The molecule has 1 aliphatic heterocycles. The fourth-order valence-corrected chi connectivity index (χ4v) is 2.54. The van der Waals surface area contributed by atoms with Gasteiger partial charge in [-0.25, -0.2) is 0 Å². The van der Waals surface area contributed by atoms with Crippen molar-refractivity contribution in [3.63, 3.8) is 0 Å². The fourth-order valence-electron chi connectivity index (χ4n) is 2.54. The molecule has 4 heteroatoms. The lowest BCUT2D eigenvalue weighted by Gasteiger charge is -2.25. The first-order valence-corrected chi connectivity index (χ1v) is 7.37. The summed E-state index contributed by atoms with van der Waals surface area (Å²) in [5.74, 6) is 0.122. The van der Waals surface area contributed by atoms with Gasteiger partial charge in [-0.1, -0.05) is 38.1 Å².